The van der Waals surface area contributed by atoms with E-state index >= 15 is 0 Å². The molecule has 0 saturated heterocycles. The van der Waals surface area contributed by atoms with Crippen molar-refractivity contribution < 1.29 is 14.3 Å². The molecule has 0 saturated carbocycles. The van der Waals surface area contributed by atoms with E-state index in [-0.39, 0.29) is 37.2 Å². The number of esters is 1. The van der Waals surface area contributed by atoms with E-state index in [9.17, 15) is 4.79 Å². The molecule has 162 valence electrons. The van der Waals surface area contributed by atoms with Gasteiger partial charge in [0.15, 0.2) is 0 Å². The summed E-state index contributed by atoms with van der Waals surface area (Å²) in [7, 11) is 1.66. The van der Waals surface area contributed by atoms with Gasteiger partial charge in [0, 0.05) is 23.1 Å². The van der Waals surface area contributed by atoms with E-state index in [1.807, 2.05) is 43.3 Å². The number of aromatic nitrogens is 1. The number of nitrogens with zero attached hydrogens (tertiary/aromatic N) is 1. The van der Waals surface area contributed by atoms with E-state index < -0.39 is 0 Å². The van der Waals surface area contributed by atoms with Gasteiger partial charge in [-0.1, -0.05) is 31.2 Å². The van der Waals surface area contributed by atoms with E-state index in [1.165, 1.54) is 0 Å². The van der Waals surface area contributed by atoms with Crippen molar-refractivity contribution in [2.24, 2.45) is 0 Å². The van der Waals surface area contributed by atoms with Crippen LogP contribution in [0.2, 0.25) is 0 Å². The Hall–Kier alpha value is -2.34. The maximum Gasteiger partial charge on any atom is 0.310 e. The number of nitrogens with one attached hydrogen (secondary N) is 1. The zero-order valence-corrected chi connectivity index (χ0v) is 19.1. The fraction of sp³-hybridized carbons (Fsp3) is 0.304. The van der Waals surface area contributed by atoms with Gasteiger partial charge in [0.25, 0.3) is 0 Å². The lowest BCUT2D eigenvalue weighted by Gasteiger charge is -2.15. The molecule has 1 N–H and O–H groups in total. The normalized spacial score (nSPS) is 10.1. The highest BCUT2D eigenvalue weighted by atomic mass is 35.5. The van der Waals surface area contributed by atoms with Crippen molar-refractivity contribution in [3.8, 4) is 16.9 Å². The minimum atomic E-state index is -0.233. The third kappa shape index (κ3) is 6.08. The summed E-state index contributed by atoms with van der Waals surface area (Å²) in [6.45, 7) is 5.77. The molecule has 3 aromatic rings. The van der Waals surface area contributed by atoms with E-state index in [0.717, 1.165) is 45.6 Å². The van der Waals surface area contributed by atoms with Crippen LogP contribution in [0, 0.1) is 0 Å². The molecule has 0 aliphatic carbocycles. The van der Waals surface area contributed by atoms with Crippen LogP contribution in [-0.4, -0.2) is 31.2 Å². The lowest BCUT2D eigenvalue weighted by atomic mass is 9.97. The monoisotopic (exact) mass is 450 g/mol. The lowest BCUT2D eigenvalue weighted by Crippen LogP contribution is -2.14. The van der Waals surface area contributed by atoms with Crippen molar-refractivity contribution in [3.63, 3.8) is 0 Å². The predicted octanol–water partition coefficient (Wildman–Crippen LogP) is 4.97. The average molecular weight is 451 g/mol. The molecule has 0 unspecified atom stereocenters. The summed E-state index contributed by atoms with van der Waals surface area (Å²) in [5.74, 6) is 0.519. The zero-order valence-electron chi connectivity index (χ0n) is 17.4. The highest BCUT2D eigenvalue weighted by Gasteiger charge is 2.15. The van der Waals surface area contributed by atoms with Crippen LogP contribution in [0.5, 0.6) is 5.75 Å². The van der Waals surface area contributed by atoms with Crippen LogP contribution >= 0.6 is 24.8 Å². The molecule has 0 amide bonds. The summed E-state index contributed by atoms with van der Waals surface area (Å²) >= 11 is 0. The van der Waals surface area contributed by atoms with Gasteiger partial charge < -0.3 is 14.8 Å². The lowest BCUT2D eigenvalue weighted by molar-refractivity contribution is -0.142. The number of fused-ring (bicyclic) bond motifs is 1. The number of benzene rings is 2. The first kappa shape index (κ1) is 25.7. The van der Waals surface area contributed by atoms with Gasteiger partial charge in [-0.2, -0.15) is 0 Å². The molecule has 1 heterocycles. The number of hydrogen-bond acceptors (Lipinski definition) is 5. The summed E-state index contributed by atoms with van der Waals surface area (Å²) in [5, 5.41) is 4.43. The largest absolute Gasteiger partial charge is 0.496 e. The third-order valence-electron chi connectivity index (χ3n) is 4.55. The Morgan fingerprint density at radius 2 is 1.80 bits per heavy atom. The number of ether oxygens (including phenoxy) is 2. The molecular formula is C23H28Cl2N2O3. The zero-order chi connectivity index (χ0) is 19.9. The Morgan fingerprint density at radius 3 is 2.50 bits per heavy atom. The molecular weight excluding hydrogens is 423 g/mol. The molecule has 2 aromatic carbocycles. The van der Waals surface area contributed by atoms with Gasteiger partial charge in [-0.25, -0.2) is 0 Å². The number of pyridine rings is 1. The van der Waals surface area contributed by atoms with Crippen molar-refractivity contribution in [1.82, 2.24) is 10.3 Å². The van der Waals surface area contributed by atoms with Crippen molar-refractivity contribution in [1.29, 1.82) is 0 Å². The Labute approximate surface area is 190 Å². The Kier molecular flexibility index (Phi) is 10.6. The van der Waals surface area contributed by atoms with Gasteiger partial charge >= 0.3 is 5.97 Å². The van der Waals surface area contributed by atoms with Gasteiger partial charge in [0.1, 0.15) is 5.75 Å². The van der Waals surface area contributed by atoms with Crippen molar-refractivity contribution >= 4 is 41.7 Å². The summed E-state index contributed by atoms with van der Waals surface area (Å²) in [6.07, 6.45) is 0.231. The van der Waals surface area contributed by atoms with Crippen LogP contribution in [0.15, 0.2) is 48.5 Å². The SMILES string of the molecule is CCNCc1nc2ccccc2cc1-c1cc(CC(=O)OCC)ccc1OC.Cl.Cl. The van der Waals surface area contributed by atoms with Gasteiger partial charge in [0.05, 0.1) is 31.3 Å². The molecule has 3 rings (SSSR count). The number of halogens is 2. The van der Waals surface area contributed by atoms with E-state index in [0.29, 0.717) is 13.2 Å². The van der Waals surface area contributed by atoms with Gasteiger partial charge in [0.2, 0.25) is 0 Å². The van der Waals surface area contributed by atoms with Crippen LogP contribution < -0.4 is 10.1 Å². The summed E-state index contributed by atoms with van der Waals surface area (Å²) in [6, 6.07) is 16.0. The minimum Gasteiger partial charge on any atom is -0.496 e. The summed E-state index contributed by atoms with van der Waals surface area (Å²) in [5.41, 5.74) is 4.72. The molecule has 0 atom stereocenters. The fourth-order valence-electron chi connectivity index (χ4n) is 3.22. The molecule has 5 nitrogen and oxygen atoms in total. The maximum atomic E-state index is 11.9. The summed E-state index contributed by atoms with van der Waals surface area (Å²) < 4.78 is 10.7. The maximum absolute atomic E-state index is 11.9. The summed E-state index contributed by atoms with van der Waals surface area (Å²) in [4.78, 5) is 16.8. The van der Waals surface area contributed by atoms with Crippen molar-refractivity contribution in [2.75, 3.05) is 20.3 Å². The third-order valence-corrected chi connectivity index (χ3v) is 4.55. The Morgan fingerprint density at radius 1 is 1.03 bits per heavy atom. The first-order valence-electron chi connectivity index (χ1n) is 9.58. The van der Waals surface area contributed by atoms with Crippen LogP contribution in [-0.2, 0) is 22.5 Å². The Balaban J connectivity index is 0.00000225. The number of carbonyl (C=O) groups excluding carboxylic acids is 1. The number of hydrogen-bond donors (Lipinski definition) is 1. The van der Waals surface area contributed by atoms with Crippen LogP contribution in [0.25, 0.3) is 22.0 Å². The first-order chi connectivity index (χ1) is 13.7. The number of para-hydroxylation sites is 1. The fourth-order valence-corrected chi connectivity index (χ4v) is 3.22. The van der Waals surface area contributed by atoms with Gasteiger partial charge in [-0.05, 0) is 43.3 Å². The molecule has 0 spiro atoms. The van der Waals surface area contributed by atoms with E-state index in [1.54, 1.807) is 7.11 Å². The molecule has 0 radical (unpaired) electrons. The first-order valence-corrected chi connectivity index (χ1v) is 9.58. The van der Waals surface area contributed by atoms with Crippen LogP contribution in [0.4, 0.5) is 0 Å². The molecule has 0 bridgehead atoms. The molecule has 0 aliphatic rings. The van der Waals surface area contributed by atoms with Crippen LogP contribution in [0.3, 0.4) is 0 Å². The van der Waals surface area contributed by atoms with Crippen LogP contribution in [0.1, 0.15) is 25.1 Å². The molecule has 0 fully saturated rings. The predicted molar refractivity (Wildman–Crippen MR) is 126 cm³/mol. The highest BCUT2D eigenvalue weighted by Crippen LogP contribution is 2.34. The van der Waals surface area contributed by atoms with Crippen molar-refractivity contribution in [3.05, 3.63) is 59.8 Å². The molecule has 0 aliphatic heterocycles. The van der Waals surface area contributed by atoms with Gasteiger partial charge in [-0.15, -0.1) is 24.8 Å². The molecule has 30 heavy (non-hydrogen) atoms. The Bertz CT molecular complexity index is 980. The van der Waals surface area contributed by atoms with Crippen molar-refractivity contribution in [2.45, 2.75) is 26.8 Å². The second-order valence-corrected chi connectivity index (χ2v) is 6.47. The van der Waals surface area contributed by atoms with E-state index in [4.69, 9.17) is 14.5 Å². The minimum absolute atomic E-state index is 0. The van der Waals surface area contributed by atoms with E-state index in [2.05, 4.69) is 24.4 Å². The average Bonchev–Trinajstić information content (AvgIpc) is 2.71. The number of rotatable bonds is 8. The number of carbonyl (C=O) groups is 1. The molecule has 1 aromatic heterocycles. The smallest absolute Gasteiger partial charge is 0.310 e. The number of methoxy groups -OCH3 is 1. The van der Waals surface area contributed by atoms with Gasteiger partial charge in [-0.3, -0.25) is 9.78 Å². The quantitative estimate of drug-likeness (QED) is 0.490. The standard InChI is InChI=1S/C23H26N2O3.2ClH/c1-4-24-15-21-18(14-17-8-6-7-9-20(17)25-21)19-12-16(10-11-22(19)27-3)13-23(26)28-5-2;;/h6-12,14,24H,4-5,13,15H2,1-3H3;2*1H. The topological polar surface area (TPSA) is 60.5 Å². The second kappa shape index (κ2) is 12.4. The second-order valence-electron chi connectivity index (χ2n) is 6.47. The highest BCUT2D eigenvalue weighted by molar-refractivity contribution is 5.87. The molecule has 7 heteroatoms.